The van der Waals surface area contributed by atoms with Crippen LogP contribution < -0.4 is 0 Å². The number of amides is 1. The molecule has 1 aromatic heterocycles. The second kappa shape index (κ2) is 9.05. The molecule has 156 valence electrons. The molecule has 3 aliphatic rings. The van der Waals surface area contributed by atoms with Crippen molar-refractivity contribution in [2.24, 2.45) is 18.4 Å². The van der Waals surface area contributed by atoms with Crippen LogP contribution >= 0.6 is 0 Å². The van der Waals surface area contributed by atoms with Crippen LogP contribution in [-0.4, -0.2) is 76.5 Å². The fourth-order valence-electron chi connectivity index (χ4n) is 5.18. The van der Waals surface area contributed by atoms with Crippen molar-refractivity contribution in [2.75, 3.05) is 39.4 Å². The van der Waals surface area contributed by atoms with Gasteiger partial charge in [0.15, 0.2) is 0 Å². The Morgan fingerprint density at radius 3 is 2.71 bits per heavy atom. The summed E-state index contributed by atoms with van der Waals surface area (Å²) in [4.78, 5) is 26.1. The van der Waals surface area contributed by atoms with Crippen molar-refractivity contribution in [1.29, 1.82) is 0 Å². The van der Waals surface area contributed by atoms with Crippen molar-refractivity contribution in [3.8, 4) is 0 Å². The fourth-order valence-corrected chi connectivity index (χ4v) is 5.18. The maximum Gasteiger partial charge on any atom is 0.290 e. The van der Waals surface area contributed by atoms with Crippen LogP contribution in [-0.2, 0) is 27.9 Å². The molecule has 28 heavy (non-hydrogen) atoms. The number of ether oxygens (including phenoxy) is 1. The zero-order chi connectivity index (χ0) is 20.1. The van der Waals surface area contributed by atoms with Gasteiger partial charge in [0.1, 0.15) is 0 Å². The van der Waals surface area contributed by atoms with Crippen molar-refractivity contribution in [2.45, 2.75) is 39.2 Å². The van der Waals surface area contributed by atoms with E-state index in [1.807, 2.05) is 11.7 Å². The van der Waals surface area contributed by atoms with E-state index in [-0.39, 0.29) is 17.8 Å². The molecule has 1 aliphatic carbocycles. The van der Waals surface area contributed by atoms with E-state index in [1.165, 1.54) is 18.4 Å². The summed E-state index contributed by atoms with van der Waals surface area (Å²) < 4.78 is 7.32. The molecule has 1 N–H and O–H groups in total. The highest BCUT2D eigenvalue weighted by Crippen LogP contribution is 2.50. The first-order valence-corrected chi connectivity index (χ1v) is 10.1. The summed E-state index contributed by atoms with van der Waals surface area (Å²) in [6.45, 7) is 7.87. The zero-order valence-corrected chi connectivity index (χ0v) is 17.0. The van der Waals surface area contributed by atoms with Crippen LogP contribution in [0.2, 0.25) is 0 Å². The van der Waals surface area contributed by atoms with Gasteiger partial charge >= 0.3 is 0 Å². The third-order valence-corrected chi connectivity index (χ3v) is 6.50. The van der Waals surface area contributed by atoms with Crippen molar-refractivity contribution >= 4 is 12.4 Å². The summed E-state index contributed by atoms with van der Waals surface area (Å²) in [5.74, 6) is 0.603. The molecule has 2 saturated heterocycles. The summed E-state index contributed by atoms with van der Waals surface area (Å²) in [5, 5.41) is 11.4. The second-order valence-corrected chi connectivity index (χ2v) is 8.22. The van der Waals surface area contributed by atoms with Crippen molar-refractivity contribution in [1.82, 2.24) is 19.6 Å². The average Bonchev–Trinajstić information content (AvgIpc) is 3.37. The molecule has 2 aliphatic heterocycles. The molecule has 0 radical (unpaired) electrons. The van der Waals surface area contributed by atoms with Crippen molar-refractivity contribution < 1.29 is 19.4 Å². The molecular formula is C20H32N4O4. The molecule has 1 spiro atoms. The Balaban J connectivity index is 0.000000706. The molecular weight excluding hydrogens is 360 g/mol. The van der Waals surface area contributed by atoms with Crippen LogP contribution in [0.4, 0.5) is 0 Å². The van der Waals surface area contributed by atoms with Gasteiger partial charge in [-0.1, -0.05) is 6.42 Å². The highest BCUT2D eigenvalue weighted by Gasteiger charge is 2.51. The number of carboxylic acid groups (broad SMARTS) is 1. The van der Waals surface area contributed by atoms with Gasteiger partial charge in [-0.2, -0.15) is 5.10 Å². The van der Waals surface area contributed by atoms with Gasteiger partial charge in [0.05, 0.1) is 18.9 Å². The molecule has 0 unspecified atom stereocenters. The van der Waals surface area contributed by atoms with Crippen LogP contribution in [0.3, 0.4) is 0 Å². The monoisotopic (exact) mass is 392 g/mol. The topological polar surface area (TPSA) is 87.9 Å². The number of carbonyl (C=O) groups excluding carboxylic acids is 1. The van der Waals surface area contributed by atoms with Crippen LogP contribution in [0.25, 0.3) is 0 Å². The summed E-state index contributed by atoms with van der Waals surface area (Å²) >= 11 is 0. The van der Waals surface area contributed by atoms with Crippen LogP contribution in [0.1, 0.15) is 36.9 Å². The number of likely N-dealkylation sites (tertiary alicyclic amines) is 1. The van der Waals surface area contributed by atoms with Gasteiger partial charge in [-0.05, 0) is 38.1 Å². The highest BCUT2D eigenvalue weighted by atomic mass is 16.5. The Hall–Kier alpha value is -1.93. The fraction of sp³-hybridized carbons (Fsp3) is 0.750. The van der Waals surface area contributed by atoms with Crippen LogP contribution in [0.15, 0.2) is 6.20 Å². The predicted octanol–water partition coefficient (Wildman–Crippen LogP) is 1.28. The molecule has 8 nitrogen and oxygen atoms in total. The smallest absolute Gasteiger partial charge is 0.290 e. The number of hydrogen-bond acceptors (Lipinski definition) is 5. The second-order valence-electron chi connectivity index (χ2n) is 8.22. The molecule has 0 bridgehead atoms. The molecule has 3 heterocycles. The van der Waals surface area contributed by atoms with Gasteiger partial charge in [-0.15, -0.1) is 0 Å². The number of hydrogen-bond donors (Lipinski definition) is 1. The Morgan fingerprint density at radius 1 is 1.36 bits per heavy atom. The molecule has 8 heteroatoms. The van der Waals surface area contributed by atoms with E-state index in [0.717, 1.165) is 51.3 Å². The Bertz CT molecular complexity index is 686. The minimum absolute atomic E-state index is 0.200. The number of aromatic nitrogens is 2. The lowest BCUT2D eigenvalue weighted by Gasteiger charge is -2.36. The SMILES string of the molecule is Cc1nn(C)cc1CN1CC[C@]2(CCC[C@@H]2C(=O)N2CCOCC2)C1.O=CO. The van der Waals surface area contributed by atoms with Gasteiger partial charge < -0.3 is 14.7 Å². The van der Waals surface area contributed by atoms with Gasteiger partial charge in [0.2, 0.25) is 5.91 Å². The first kappa shape index (κ1) is 20.8. The number of rotatable bonds is 3. The largest absolute Gasteiger partial charge is 0.483 e. The molecule has 0 aromatic carbocycles. The van der Waals surface area contributed by atoms with Gasteiger partial charge in [0, 0.05) is 50.9 Å². The average molecular weight is 393 g/mol. The minimum Gasteiger partial charge on any atom is -0.483 e. The first-order chi connectivity index (χ1) is 13.5. The zero-order valence-electron chi connectivity index (χ0n) is 17.0. The number of aryl methyl sites for hydroxylation is 2. The van der Waals surface area contributed by atoms with Crippen molar-refractivity contribution in [3.05, 3.63) is 17.5 Å². The third-order valence-electron chi connectivity index (χ3n) is 6.50. The molecule has 1 saturated carbocycles. The lowest BCUT2D eigenvalue weighted by Crippen LogP contribution is -2.47. The van der Waals surface area contributed by atoms with Crippen LogP contribution in [0.5, 0.6) is 0 Å². The van der Waals surface area contributed by atoms with Crippen molar-refractivity contribution in [3.63, 3.8) is 0 Å². The maximum atomic E-state index is 13.1. The summed E-state index contributed by atoms with van der Waals surface area (Å²) in [5.41, 5.74) is 2.63. The normalized spacial score (nSPS) is 27.6. The van der Waals surface area contributed by atoms with E-state index < -0.39 is 0 Å². The lowest BCUT2D eigenvalue weighted by atomic mass is 9.76. The Kier molecular flexibility index (Phi) is 6.72. The highest BCUT2D eigenvalue weighted by molar-refractivity contribution is 5.80. The first-order valence-electron chi connectivity index (χ1n) is 10.1. The lowest BCUT2D eigenvalue weighted by molar-refractivity contribution is -0.143. The third kappa shape index (κ3) is 4.38. The van der Waals surface area contributed by atoms with E-state index in [2.05, 4.69) is 28.0 Å². The molecule has 2 atom stereocenters. The van der Waals surface area contributed by atoms with E-state index >= 15 is 0 Å². The van der Waals surface area contributed by atoms with Gasteiger partial charge in [-0.3, -0.25) is 19.2 Å². The summed E-state index contributed by atoms with van der Waals surface area (Å²) in [6, 6.07) is 0. The van der Waals surface area contributed by atoms with Gasteiger partial charge in [0.25, 0.3) is 6.47 Å². The Labute approximate surface area is 166 Å². The van der Waals surface area contributed by atoms with E-state index in [4.69, 9.17) is 14.6 Å². The summed E-state index contributed by atoms with van der Waals surface area (Å²) in [6.07, 6.45) is 6.76. The molecule has 1 amide bonds. The van der Waals surface area contributed by atoms with Crippen LogP contribution in [0, 0.1) is 18.3 Å². The maximum absolute atomic E-state index is 13.1. The van der Waals surface area contributed by atoms with E-state index in [0.29, 0.717) is 19.1 Å². The van der Waals surface area contributed by atoms with E-state index in [1.54, 1.807) is 0 Å². The quantitative estimate of drug-likeness (QED) is 0.780. The Morgan fingerprint density at radius 2 is 2.07 bits per heavy atom. The number of nitrogens with zero attached hydrogens (tertiary/aromatic N) is 4. The van der Waals surface area contributed by atoms with E-state index in [9.17, 15) is 4.79 Å². The molecule has 4 rings (SSSR count). The summed E-state index contributed by atoms with van der Waals surface area (Å²) in [7, 11) is 1.98. The number of carbonyl (C=O) groups is 2. The van der Waals surface area contributed by atoms with Gasteiger partial charge in [-0.25, -0.2) is 0 Å². The number of morpholine rings is 1. The standard InChI is InChI=1S/C19H30N4O2.CH2O2/c1-15-16(12-21(2)20-15)13-22-7-6-19(14-22)5-3-4-17(19)18(24)23-8-10-25-11-9-23;2-1-3/h12,17H,3-11,13-14H2,1-2H3;1H,(H,2,3)/t17-,19-;/m1./s1. The molecule has 3 fully saturated rings. The molecule has 1 aromatic rings. The minimum atomic E-state index is -0.250. The predicted molar refractivity (Wildman–Crippen MR) is 104 cm³/mol.